The van der Waals surface area contributed by atoms with Crippen LogP contribution < -0.4 is 5.32 Å². The molecule has 15 heavy (non-hydrogen) atoms. The highest BCUT2D eigenvalue weighted by atomic mass is 35.5. The molecule has 90 valence electrons. The number of nitrogens with one attached hydrogen (secondary N) is 1. The first-order valence-electron chi connectivity index (χ1n) is 5.66. The molecule has 0 atom stereocenters. The Labute approximate surface area is 98.0 Å². The van der Waals surface area contributed by atoms with Crippen LogP contribution in [0.4, 0.5) is 4.39 Å². The Morgan fingerprint density at radius 1 is 1.20 bits per heavy atom. The van der Waals surface area contributed by atoms with E-state index < -0.39 is 5.67 Å². The molecule has 0 spiro atoms. The summed E-state index contributed by atoms with van der Waals surface area (Å²) >= 11 is 0. The summed E-state index contributed by atoms with van der Waals surface area (Å²) in [5.74, 6) is 0. The zero-order valence-corrected chi connectivity index (χ0v) is 10.5. The second-order valence-corrected chi connectivity index (χ2v) is 5.24. The fourth-order valence-corrected chi connectivity index (χ4v) is 2.15. The number of alkyl halides is 1. The second kappa shape index (κ2) is 4.56. The van der Waals surface area contributed by atoms with Gasteiger partial charge in [-0.1, -0.05) is 0 Å². The lowest BCUT2D eigenvalue weighted by atomic mass is 9.90. The Kier molecular flexibility index (Phi) is 4.01. The Hall–Kier alpha value is 0.140. The molecule has 2 fully saturated rings. The van der Waals surface area contributed by atoms with E-state index in [0.717, 1.165) is 38.8 Å². The van der Waals surface area contributed by atoms with Gasteiger partial charge in [-0.2, -0.15) is 0 Å². The van der Waals surface area contributed by atoms with E-state index in [1.807, 2.05) is 7.05 Å². The van der Waals surface area contributed by atoms with Crippen LogP contribution >= 0.6 is 12.4 Å². The monoisotopic (exact) mass is 236 g/mol. The summed E-state index contributed by atoms with van der Waals surface area (Å²) in [5, 5.41) is 3.36. The zero-order chi connectivity index (χ0) is 10.2. The van der Waals surface area contributed by atoms with Crippen LogP contribution in [0.2, 0.25) is 0 Å². The van der Waals surface area contributed by atoms with Crippen molar-refractivity contribution >= 4 is 12.4 Å². The number of hydrogen-bond acceptors (Lipinski definition) is 2. The summed E-state index contributed by atoms with van der Waals surface area (Å²) in [6, 6.07) is 0. The molecule has 1 heterocycles. The van der Waals surface area contributed by atoms with Crippen LogP contribution in [0.5, 0.6) is 0 Å². The highest BCUT2D eigenvalue weighted by Crippen LogP contribution is 2.41. The van der Waals surface area contributed by atoms with Crippen molar-refractivity contribution in [2.45, 2.75) is 43.8 Å². The molecule has 0 amide bonds. The van der Waals surface area contributed by atoms with Crippen molar-refractivity contribution in [2.75, 3.05) is 26.7 Å². The summed E-state index contributed by atoms with van der Waals surface area (Å²) in [6.07, 6.45) is 3.85. The lowest BCUT2D eigenvalue weighted by molar-refractivity contribution is 0.112. The SMILES string of the molecule is CNC1(C)CCN(CC2(F)CC2)CC1.Cl. The minimum Gasteiger partial charge on any atom is -0.314 e. The van der Waals surface area contributed by atoms with Crippen LogP contribution in [0, 0.1) is 0 Å². The average Bonchev–Trinajstić information content (AvgIpc) is 2.89. The maximum absolute atomic E-state index is 13.5. The summed E-state index contributed by atoms with van der Waals surface area (Å²) in [7, 11) is 2.02. The number of hydrogen-bond donors (Lipinski definition) is 1. The summed E-state index contributed by atoms with van der Waals surface area (Å²) in [4.78, 5) is 2.28. The summed E-state index contributed by atoms with van der Waals surface area (Å²) in [5.41, 5.74) is -0.531. The lowest BCUT2D eigenvalue weighted by Gasteiger charge is -2.39. The molecule has 1 N–H and O–H groups in total. The molecule has 0 radical (unpaired) electrons. The van der Waals surface area contributed by atoms with E-state index in [1.165, 1.54) is 0 Å². The molecule has 0 aromatic carbocycles. The maximum Gasteiger partial charge on any atom is 0.123 e. The third-order valence-electron chi connectivity index (χ3n) is 3.86. The fraction of sp³-hybridized carbons (Fsp3) is 1.00. The molecule has 4 heteroatoms. The molecular formula is C11H22ClFN2. The first kappa shape index (κ1) is 13.2. The van der Waals surface area contributed by atoms with Crippen molar-refractivity contribution in [2.24, 2.45) is 0 Å². The molecule has 0 aromatic rings. The van der Waals surface area contributed by atoms with Crippen LogP contribution in [0.25, 0.3) is 0 Å². The molecule has 1 aliphatic heterocycles. The van der Waals surface area contributed by atoms with E-state index in [4.69, 9.17) is 0 Å². The Morgan fingerprint density at radius 2 is 1.73 bits per heavy atom. The van der Waals surface area contributed by atoms with Crippen LogP contribution in [-0.2, 0) is 0 Å². The smallest absolute Gasteiger partial charge is 0.123 e. The number of halogens is 2. The quantitative estimate of drug-likeness (QED) is 0.806. The Bertz CT molecular complexity index is 211. The zero-order valence-electron chi connectivity index (χ0n) is 9.68. The molecule has 0 bridgehead atoms. The molecular weight excluding hydrogens is 215 g/mol. The molecule has 2 aliphatic rings. The molecule has 0 unspecified atom stereocenters. The normalized spacial score (nSPS) is 28.2. The second-order valence-electron chi connectivity index (χ2n) is 5.24. The van der Waals surface area contributed by atoms with Gasteiger partial charge in [-0.05, 0) is 39.7 Å². The Balaban J connectivity index is 0.00000112. The van der Waals surface area contributed by atoms with Gasteiger partial charge in [0.2, 0.25) is 0 Å². The largest absolute Gasteiger partial charge is 0.314 e. The van der Waals surface area contributed by atoms with Gasteiger partial charge in [-0.25, -0.2) is 4.39 Å². The van der Waals surface area contributed by atoms with E-state index in [1.54, 1.807) is 0 Å². The van der Waals surface area contributed by atoms with Crippen molar-refractivity contribution in [1.29, 1.82) is 0 Å². The van der Waals surface area contributed by atoms with Crippen molar-refractivity contribution in [3.8, 4) is 0 Å². The molecule has 0 aromatic heterocycles. The predicted octanol–water partition coefficient (Wildman–Crippen LogP) is 1.98. The first-order chi connectivity index (χ1) is 6.55. The molecule has 2 nitrogen and oxygen atoms in total. The third-order valence-corrected chi connectivity index (χ3v) is 3.86. The summed E-state index contributed by atoms with van der Waals surface area (Å²) in [6.45, 7) is 5.02. The standard InChI is InChI=1S/C11H21FN2.ClH/c1-10(13-2)5-7-14(8-6-10)9-11(12)3-4-11;/h13H,3-9H2,1-2H3;1H. The van der Waals surface area contributed by atoms with E-state index in [9.17, 15) is 4.39 Å². The van der Waals surface area contributed by atoms with Gasteiger partial charge < -0.3 is 10.2 Å². The van der Waals surface area contributed by atoms with Crippen molar-refractivity contribution in [3.05, 3.63) is 0 Å². The third kappa shape index (κ3) is 3.30. The highest BCUT2D eigenvalue weighted by molar-refractivity contribution is 5.85. The summed E-state index contributed by atoms with van der Waals surface area (Å²) < 4.78 is 13.5. The van der Waals surface area contributed by atoms with Crippen LogP contribution in [0.3, 0.4) is 0 Å². The van der Waals surface area contributed by atoms with Gasteiger partial charge in [0.1, 0.15) is 5.67 Å². The van der Waals surface area contributed by atoms with Crippen molar-refractivity contribution in [1.82, 2.24) is 10.2 Å². The van der Waals surface area contributed by atoms with Crippen molar-refractivity contribution < 1.29 is 4.39 Å². The topological polar surface area (TPSA) is 15.3 Å². The Morgan fingerprint density at radius 3 is 2.13 bits per heavy atom. The van der Waals surface area contributed by atoms with Gasteiger partial charge >= 0.3 is 0 Å². The molecule has 1 aliphatic carbocycles. The number of likely N-dealkylation sites (tertiary alicyclic amines) is 1. The number of piperidine rings is 1. The number of rotatable bonds is 3. The van der Waals surface area contributed by atoms with Gasteiger partial charge in [-0.15, -0.1) is 12.4 Å². The minimum atomic E-state index is -0.812. The van der Waals surface area contributed by atoms with Gasteiger partial charge in [0.25, 0.3) is 0 Å². The van der Waals surface area contributed by atoms with Gasteiger partial charge in [0.05, 0.1) is 0 Å². The van der Waals surface area contributed by atoms with E-state index in [2.05, 4.69) is 17.1 Å². The number of nitrogens with zero attached hydrogens (tertiary/aromatic N) is 1. The van der Waals surface area contributed by atoms with Gasteiger partial charge in [-0.3, -0.25) is 0 Å². The van der Waals surface area contributed by atoms with E-state index in [-0.39, 0.29) is 17.9 Å². The molecule has 1 saturated carbocycles. The average molecular weight is 237 g/mol. The van der Waals surface area contributed by atoms with Crippen LogP contribution in [0.15, 0.2) is 0 Å². The van der Waals surface area contributed by atoms with E-state index >= 15 is 0 Å². The minimum absolute atomic E-state index is 0. The molecule has 2 rings (SSSR count). The van der Waals surface area contributed by atoms with Crippen LogP contribution in [-0.4, -0.2) is 42.8 Å². The van der Waals surface area contributed by atoms with Gasteiger partial charge in [0, 0.05) is 25.2 Å². The first-order valence-corrected chi connectivity index (χ1v) is 5.66. The fourth-order valence-electron chi connectivity index (χ4n) is 2.15. The molecule has 1 saturated heterocycles. The lowest BCUT2D eigenvalue weighted by Crippen LogP contribution is -2.51. The van der Waals surface area contributed by atoms with Gasteiger partial charge in [0.15, 0.2) is 0 Å². The predicted molar refractivity (Wildman–Crippen MR) is 63.5 cm³/mol. The van der Waals surface area contributed by atoms with E-state index in [0.29, 0.717) is 6.54 Å². The van der Waals surface area contributed by atoms with Crippen LogP contribution in [0.1, 0.15) is 32.6 Å². The maximum atomic E-state index is 13.5. The van der Waals surface area contributed by atoms with Crippen molar-refractivity contribution in [3.63, 3.8) is 0 Å². The highest BCUT2D eigenvalue weighted by Gasteiger charge is 2.45.